The first-order valence-corrected chi connectivity index (χ1v) is 5.29. The fraction of sp³-hybridized carbons (Fsp3) is 0.167. The second-order valence-electron chi connectivity index (χ2n) is 3.54. The summed E-state index contributed by atoms with van der Waals surface area (Å²) in [6.07, 6.45) is 0.534. The zero-order chi connectivity index (χ0) is 16.2. The third kappa shape index (κ3) is 3.71. The lowest BCUT2D eigenvalue weighted by molar-refractivity contribution is -0.138. The molecule has 5 nitrogen and oxygen atoms in total. The lowest BCUT2D eigenvalue weighted by Crippen LogP contribution is -2.17. The number of hydrogen-bond donors (Lipinski definition) is 1. The molecular weight excluding hydrogens is 298 g/mol. The third-order valence-electron chi connectivity index (χ3n) is 2.24. The maximum absolute atomic E-state index is 13.5. The van der Waals surface area contributed by atoms with Crippen LogP contribution in [0.2, 0.25) is 0 Å². The normalized spacial score (nSPS) is 11.0. The second kappa shape index (κ2) is 6.73. The average Bonchev–Trinajstić information content (AvgIpc) is 2.46. The van der Waals surface area contributed by atoms with Gasteiger partial charge in [0.05, 0.1) is 20.3 Å². The van der Waals surface area contributed by atoms with Gasteiger partial charge in [0.15, 0.2) is 23.3 Å². The number of rotatable bonds is 4. The third-order valence-corrected chi connectivity index (χ3v) is 2.24. The summed E-state index contributed by atoms with van der Waals surface area (Å²) in [6, 6.07) is 0.0772. The summed E-state index contributed by atoms with van der Waals surface area (Å²) in [5.41, 5.74) is -1.89. The van der Waals surface area contributed by atoms with E-state index in [2.05, 4.69) is 9.47 Å². The monoisotopic (exact) mass is 307 g/mol. The molecule has 0 saturated carbocycles. The average molecular weight is 307 g/mol. The van der Waals surface area contributed by atoms with E-state index in [0.29, 0.717) is 6.08 Å². The molecule has 1 N–H and O–H groups in total. The van der Waals surface area contributed by atoms with E-state index in [0.717, 1.165) is 14.2 Å². The number of ether oxygens (including phenoxy) is 2. The van der Waals surface area contributed by atoms with Crippen LogP contribution in [0.25, 0.3) is 0 Å². The Morgan fingerprint density at radius 2 is 1.67 bits per heavy atom. The highest BCUT2D eigenvalue weighted by molar-refractivity contribution is 5.98. The topological polar surface area (TPSA) is 64.6 Å². The molecule has 0 aliphatic rings. The molecule has 0 saturated heterocycles. The molecule has 114 valence electrons. The number of nitrogens with one attached hydrogen (secondary N) is 1. The van der Waals surface area contributed by atoms with Gasteiger partial charge in [-0.15, -0.1) is 0 Å². The summed E-state index contributed by atoms with van der Waals surface area (Å²) in [5, 5.41) is 1.83. The molecule has 0 amide bonds. The summed E-state index contributed by atoms with van der Waals surface area (Å²) >= 11 is 0. The molecule has 21 heavy (non-hydrogen) atoms. The van der Waals surface area contributed by atoms with Crippen molar-refractivity contribution in [1.29, 1.82) is 0 Å². The molecule has 0 fully saturated rings. The van der Waals surface area contributed by atoms with Gasteiger partial charge in [0.1, 0.15) is 11.4 Å². The van der Waals surface area contributed by atoms with Crippen molar-refractivity contribution in [3.8, 4) is 0 Å². The number of esters is 2. The van der Waals surface area contributed by atoms with Crippen molar-refractivity contribution >= 4 is 17.6 Å². The van der Waals surface area contributed by atoms with Crippen molar-refractivity contribution in [3.63, 3.8) is 0 Å². The number of anilines is 1. The molecule has 0 aliphatic heterocycles. The highest BCUT2D eigenvalue weighted by Gasteiger charge is 2.22. The molecule has 1 aromatic carbocycles. The molecule has 9 heteroatoms. The zero-order valence-corrected chi connectivity index (χ0v) is 10.8. The van der Waals surface area contributed by atoms with E-state index < -0.39 is 46.6 Å². The van der Waals surface area contributed by atoms with Gasteiger partial charge in [0, 0.05) is 6.07 Å². The molecule has 0 unspecified atom stereocenters. The maximum Gasteiger partial charge on any atom is 0.354 e. The maximum atomic E-state index is 13.5. The van der Waals surface area contributed by atoms with Gasteiger partial charge in [0.25, 0.3) is 0 Å². The van der Waals surface area contributed by atoms with E-state index in [1.54, 1.807) is 0 Å². The first-order chi connectivity index (χ1) is 9.81. The van der Waals surface area contributed by atoms with Crippen LogP contribution < -0.4 is 5.32 Å². The lowest BCUT2D eigenvalue weighted by atomic mass is 10.2. The van der Waals surface area contributed by atoms with Crippen molar-refractivity contribution < 1.29 is 36.6 Å². The van der Waals surface area contributed by atoms with E-state index in [1.165, 1.54) is 0 Å². The van der Waals surface area contributed by atoms with E-state index in [4.69, 9.17) is 0 Å². The van der Waals surface area contributed by atoms with E-state index in [-0.39, 0.29) is 6.07 Å². The van der Waals surface area contributed by atoms with Crippen LogP contribution in [0.5, 0.6) is 0 Å². The number of carbonyl (C=O) groups is 2. The second-order valence-corrected chi connectivity index (χ2v) is 3.54. The summed E-state index contributed by atoms with van der Waals surface area (Å²) in [5.74, 6) is -9.30. The fourth-order valence-electron chi connectivity index (χ4n) is 1.25. The number of hydrogen-bond acceptors (Lipinski definition) is 5. The smallest absolute Gasteiger partial charge is 0.354 e. The van der Waals surface area contributed by atoms with Gasteiger partial charge in [-0.2, -0.15) is 0 Å². The van der Waals surface area contributed by atoms with Gasteiger partial charge < -0.3 is 14.8 Å². The Bertz CT molecular complexity index is 616. The van der Waals surface area contributed by atoms with Gasteiger partial charge >= 0.3 is 11.9 Å². The van der Waals surface area contributed by atoms with Crippen LogP contribution in [0, 0.1) is 23.3 Å². The fourth-order valence-corrected chi connectivity index (χ4v) is 1.25. The Labute approximate surface area is 116 Å². The zero-order valence-electron chi connectivity index (χ0n) is 10.8. The van der Waals surface area contributed by atoms with E-state index in [1.807, 2.05) is 5.32 Å². The van der Waals surface area contributed by atoms with Gasteiger partial charge in [0.2, 0.25) is 0 Å². The molecule has 1 rings (SSSR count). The first-order valence-electron chi connectivity index (χ1n) is 5.29. The molecule has 1 aromatic rings. The van der Waals surface area contributed by atoms with Crippen molar-refractivity contribution in [1.82, 2.24) is 0 Å². The van der Waals surface area contributed by atoms with Crippen molar-refractivity contribution in [2.45, 2.75) is 0 Å². The van der Waals surface area contributed by atoms with Crippen LogP contribution in [0.4, 0.5) is 23.2 Å². The van der Waals surface area contributed by atoms with Gasteiger partial charge in [-0.25, -0.2) is 27.2 Å². The van der Waals surface area contributed by atoms with Crippen LogP contribution >= 0.6 is 0 Å². The van der Waals surface area contributed by atoms with Crippen LogP contribution in [0.15, 0.2) is 17.8 Å². The van der Waals surface area contributed by atoms with Crippen LogP contribution in [0.3, 0.4) is 0 Å². The minimum absolute atomic E-state index is 0.0772. The SMILES string of the molecule is COC(=O)/C=C(/Nc1c(F)cc(F)c(F)c1F)C(=O)OC. The van der Waals surface area contributed by atoms with Crippen LogP contribution in [0.1, 0.15) is 0 Å². The van der Waals surface area contributed by atoms with Gasteiger partial charge in [-0.1, -0.05) is 0 Å². The summed E-state index contributed by atoms with van der Waals surface area (Å²) in [7, 11) is 1.93. The first kappa shape index (κ1) is 16.5. The molecule has 0 bridgehead atoms. The van der Waals surface area contributed by atoms with Gasteiger partial charge in [-0.3, -0.25) is 0 Å². The van der Waals surface area contributed by atoms with Crippen LogP contribution in [-0.2, 0) is 19.1 Å². The Morgan fingerprint density at radius 3 is 2.19 bits per heavy atom. The minimum atomic E-state index is -1.94. The lowest BCUT2D eigenvalue weighted by Gasteiger charge is -2.11. The van der Waals surface area contributed by atoms with Crippen LogP contribution in [-0.4, -0.2) is 26.2 Å². The molecule has 0 aromatic heterocycles. The Kier molecular flexibility index (Phi) is 5.28. The predicted octanol–water partition coefficient (Wildman–Crippen LogP) is 1.88. The molecule has 0 atom stereocenters. The standard InChI is InChI=1S/C12H9F4NO4/c1-20-8(18)4-7(12(19)21-2)17-11-6(14)3-5(13)9(15)10(11)16/h3-4,17H,1-2H3/b7-4+. The Balaban J connectivity index is 3.28. The highest BCUT2D eigenvalue weighted by atomic mass is 19.2. The number of benzene rings is 1. The van der Waals surface area contributed by atoms with Crippen molar-refractivity contribution in [3.05, 3.63) is 41.1 Å². The minimum Gasteiger partial charge on any atom is -0.466 e. The molecule has 0 radical (unpaired) electrons. The molecular formula is C12H9F4NO4. The molecule has 0 spiro atoms. The van der Waals surface area contributed by atoms with E-state index >= 15 is 0 Å². The predicted molar refractivity (Wildman–Crippen MR) is 62.0 cm³/mol. The Morgan fingerprint density at radius 1 is 1.05 bits per heavy atom. The number of carbonyl (C=O) groups excluding carboxylic acids is 2. The number of halogens is 4. The summed E-state index contributed by atoms with van der Waals surface area (Å²) in [6.45, 7) is 0. The summed E-state index contributed by atoms with van der Waals surface area (Å²) < 4.78 is 61.2. The largest absolute Gasteiger partial charge is 0.466 e. The molecule has 0 heterocycles. The van der Waals surface area contributed by atoms with Crippen molar-refractivity contribution in [2.24, 2.45) is 0 Å². The van der Waals surface area contributed by atoms with E-state index in [9.17, 15) is 27.2 Å². The van der Waals surface area contributed by atoms with Crippen molar-refractivity contribution in [2.75, 3.05) is 19.5 Å². The Hall–Kier alpha value is -2.58. The quantitative estimate of drug-likeness (QED) is 0.302. The summed E-state index contributed by atoms with van der Waals surface area (Å²) in [4.78, 5) is 22.4. The number of methoxy groups -OCH3 is 2. The molecule has 0 aliphatic carbocycles. The highest BCUT2D eigenvalue weighted by Crippen LogP contribution is 2.25. The van der Waals surface area contributed by atoms with Gasteiger partial charge in [-0.05, 0) is 0 Å².